The van der Waals surface area contributed by atoms with Crippen molar-refractivity contribution in [1.29, 1.82) is 0 Å². The van der Waals surface area contributed by atoms with Crippen LogP contribution in [0.5, 0.6) is 0 Å². The van der Waals surface area contributed by atoms with Gasteiger partial charge < -0.3 is 18.9 Å². The number of hydrogen-bond donors (Lipinski definition) is 0. The monoisotopic (exact) mass is 466 g/mol. The van der Waals surface area contributed by atoms with Crippen LogP contribution in [0.4, 0.5) is 0 Å². The number of hydrogen-bond acceptors (Lipinski definition) is 8. The van der Waals surface area contributed by atoms with Gasteiger partial charge in [0.05, 0.1) is 26.4 Å². The summed E-state index contributed by atoms with van der Waals surface area (Å²) >= 11 is 0. The summed E-state index contributed by atoms with van der Waals surface area (Å²) < 4.78 is 19.0. The van der Waals surface area contributed by atoms with E-state index >= 15 is 0 Å². The molecule has 0 aliphatic heterocycles. The van der Waals surface area contributed by atoms with Gasteiger partial charge in [0.1, 0.15) is 0 Å². The average Bonchev–Trinajstić information content (AvgIpc) is 2.83. The zero-order valence-electron chi connectivity index (χ0n) is 19.6. The van der Waals surface area contributed by atoms with Crippen LogP contribution in [0.1, 0.15) is 57.8 Å². The Morgan fingerprint density at radius 1 is 0.394 bits per heavy atom. The number of carbonyl (C=O) groups is 4. The molecule has 0 fully saturated rings. The lowest BCUT2D eigenvalue weighted by Crippen LogP contribution is -2.07. The summed E-state index contributed by atoms with van der Waals surface area (Å²) in [4.78, 5) is 42.5. The molecule has 0 spiro atoms. The molecule has 0 atom stereocenters. The van der Waals surface area contributed by atoms with Crippen molar-refractivity contribution >= 4 is 23.9 Å². The maximum Gasteiger partial charge on any atom is 0.330 e. The molecule has 0 rings (SSSR count). The van der Waals surface area contributed by atoms with Crippen molar-refractivity contribution in [1.82, 2.24) is 0 Å². The van der Waals surface area contributed by atoms with Gasteiger partial charge in [-0.05, 0) is 12.8 Å². The highest BCUT2D eigenvalue weighted by atomic mass is 16.5. The highest BCUT2D eigenvalue weighted by molar-refractivity contribution is 5.82. The Bertz CT molecular complexity index is 558. The predicted molar refractivity (Wildman–Crippen MR) is 126 cm³/mol. The molecular formula is C25H38O8. The van der Waals surface area contributed by atoms with Crippen LogP contribution in [0.25, 0.3) is 0 Å². The quantitative estimate of drug-likeness (QED) is 0.119. The largest absolute Gasteiger partial charge is 0.463 e. The van der Waals surface area contributed by atoms with Crippen molar-refractivity contribution in [3.63, 3.8) is 0 Å². The molecule has 0 aromatic heterocycles. The van der Waals surface area contributed by atoms with E-state index in [9.17, 15) is 19.2 Å². The normalized spacial score (nSPS) is 9.33. The Balaban J connectivity index is 0. The number of ether oxygens (including phenoxy) is 4. The highest BCUT2D eigenvalue weighted by Crippen LogP contribution is 2.09. The SMILES string of the molecule is C=CC(=O)OCCCCCCCCCCOC(=O)C=C.C=CC(=O)OCCCOC(=O)C=C. The van der Waals surface area contributed by atoms with E-state index in [0.717, 1.165) is 50.7 Å². The second-order valence-electron chi connectivity index (χ2n) is 6.67. The number of rotatable bonds is 19. The predicted octanol–water partition coefficient (Wildman–Crippen LogP) is 4.40. The summed E-state index contributed by atoms with van der Waals surface area (Å²) in [7, 11) is 0. The van der Waals surface area contributed by atoms with Crippen LogP contribution in [0.3, 0.4) is 0 Å². The van der Waals surface area contributed by atoms with Gasteiger partial charge in [-0.25, -0.2) is 19.2 Å². The highest BCUT2D eigenvalue weighted by Gasteiger charge is 1.98. The molecule has 0 bridgehead atoms. The molecular weight excluding hydrogens is 428 g/mol. The van der Waals surface area contributed by atoms with Crippen molar-refractivity contribution in [3.8, 4) is 0 Å². The second kappa shape index (κ2) is 25.1. The van der Waals surface area contributed by atoms with E-state index in [1.807, 2.05) is 0 Å². The van der Waals surface area contributed by atoms with Gasteiger partial charge in [-0.15, -0.1) is 0 Å². The summed E-state index contributed by atoms with van der Waals surface area (Å²) in [5.41, 5.74) is 0. The van der Waals surface area contributed by atoms with Gasteiger partial charge in [-0.1, -0.05) is 64.8 Å². The van der Waals surface area contributed by atoms with Gasteiger partial charge in [0.15, 0.2) is 0 Å². The average molecular weight is 467 g/mol. The fraction of sp³-hybridized carbons (Fsp3) is 0.520. The molecule has 8 heteroatoms. The first-order valence-electron chi connectivity index (χ1n) is 11.1. The van der Waals surface area contributed by atoms with Gasteiger partial charge in [-0.2, -0.15) is 0 Å². The Hall–Kier alpha value is -3.16. The Morgan fingerprint density at radius 3 is 0.848 bits per heavy atom. The molecule has 0 saturated carbocycles. The molecule has 0 saturated heterocycles. The van der Waals surface area contributed by atoms with Crippen LogP contribution in [-0.2, 0) is 38.1 Å². The molecule has 0 heterocycles. The molecule has 8 nitrogen and oxygen atoms in total. The summed E-state index contributed by atoms with van der Waals surface area (Å²) in [6, 6.07) is 0. The topological polar surface area (TPSA) is 105 Å². The van der Waals surface area contributed by atoms with Crippen molar-refractivity contribution < 1.29 is 38.1 Å². The first-order valence-corrected chi connectivity index (χ1v) is 11.1. The maximum absolute atomic E-state index is 10.8. The van der Waals surface area contributed by atoms with Crippen molar-refractivity contribution in [2.75, 3.05) is 26.4 Å². The Kier molecular flexibility index (Phi) is 24.4. The van der Waals surface area contributed by atoms with E-state index in [2.05, 4.69) is 35.8 Å². The third kappa shape index (κ3) is 26.8. The summed E-state index contributed by atoms with van der Waals surface area (Å²) in [5.74, 6) is -1.64. The van der Waals surface area contributed by atoms with E-state index < -0.39 is 11.9 Å². The Morgan fingerprint density at radius 2 is 0.606 bits per heavy atom. The molecule has 33 heavy (non-hydrogen) atoms. The molecule has 0 radical (unpaired) electrons. The molecule has 0 unspecified atom stereocenters. The minimum atomic E-state index is -0.477. The van der Waals surface area contributed by atoms with Gasteiger partial charge in [0.2, 0.25) is 0 Å². The number of esters is 4. The summed E-state index contributed by atoms with van der Waals surface area (Å²) in [5, 5.41) is 0. The van der Waals surface area contributed by atoms with Gasteiger partial charge in [-0.3, -0.25) is 0 Å². The van der Waals surface area contributed by atoms with Crippen LogP contribution in [-0.4, -0.2) is 50.3 Å². The van der Waals surface area contributed by atoms with E-state index in [-0.39, 0.29) is 25.2 Å². The van der Waals surface area contributed by atoms with E-state index in [4.69, 9.17) is 9.47 Å². The lowest BCUT2D eigenvalue weighted by atomic mass is 10.1. The van der Waals surface area contributed by atoms with Crippen LogP contribution in [0, 0.1) is 0 Å². The van der Waals surface area contributed by atoms with Gasteiger partial charge in [0, 0.05) is 30.7 Å². The van der Waals surface area contributed by atoms with E-state index in [1.165, 1.54) is 25.0 Å². The van der Waals surface area contributed by atoms with Gasteiger partial charge >= 0.3 is 23.9 Å². The maximum atomic E-state index is 10.8. The lowest BCUT2D eigenvalue weighted by molar-refractivity contribution is -0.140. The van der Waals surface area contributed by atoms with Crippen LogP contribution < -0.4 is 0 Å². The second-order valence-corrected chi connectivity index (χ2v) is 6.67. The lowest BCUT2D eigenvalue weighted by Gasteiger charge is -2.03. The van der Waals surface area contributed by atoms with Crippen molar-refractivity contribution in [2.24, 2.45) is 0 Å². The number of unbranched alkanes of at least 4 members (excludes halogenated alkanes) is 7. The van der Waals surface area contributed by atoms with Crippen molar-refractivity contribution in [3.05, 3.63) is 50.6 Å². The fourth-order valence-electron chi connectivity index (χ4n) is 2.25. The van der Waals surface area contributed by atoms with Crippen LogP contribution in [0.15, 0.2) is 50.6 Å². The molecule has 0 aliphatic carbocycles. The molecule has 0 aromatic carbocycles. The first-order chi connectivity index (χ1) is 15.9. The van der Waals surface area contributed by atoms with Crippen molar-refractivity contribution in [2.45, 2.75) is 57.8 Å². The van der Waals surface area contributed by atoms with Gasteiger partial charge in [0.25, 0.3) is 0 Å². The molecule has 186 valence electrons. The molecule has 0 amide bonds. The minimum Gasteiger partial charge on any atom is -0.463 e. The van der Waals surface area contributed by atoms with E-state index in [0.29, 0.717) is 19.6 Å². The van der Waals surface area contributed by atoms with E-state index in [1.54, 1.807) is 0 Å². The molecule has 0 aliphatic rings. The third-order valence-electron chi connectivity index (χ3n) is 3.97. The smallest absolute Gasteiger partial charge is 0.330 e. The zero-order valence-corrected chi connectivity index (χ0v) is 19.6. The molecule has 0 N–H and O–H groups in total. The standard InChI is InChI=1S/C16H26O4.C9H12O4/c1-3-15(17)19-13-11-9-7-5-6-8-10-12-14-20-16(18)4-2;1-3-8(10)12-6-5-7-13-9(11)4-2/h3-4H,1-2,5-14H2;3-4H,1-2,5-7H2. The number of carbonyl (C=O) groups excluding carboxylic acids is 4. The van der Waals surface area contributed by atoms with Crippen LogP contribution >= 0.6 is 0 Å². The fourth-order valence-corrected chi connectivity index (χ4v) is 2.25. The zero-order chi connectivity index (χ0) is 25.2. The van der Waals surface area contributed by atoms with Crippen LogP contribution in [0.2, 0.25) is 0 Å². The first kappa shape index (κ1) is 32.0. The minimum absolute atomic E-state index is 0.218. The summed E-state index contributed by atoms with van der Waals surface area (Å²) in [6.07, 6.45) is 13.7. The molecule has 0 aromatic rings. The Labute approximate surface area is 197 Å². The third-order valence-corrected chi connectivity index (χ3v) is 3.97. The summed E-state index contributed by atoms with van der Waals surface area (Å²) in [6.45, 7) is 14.5.